The second kappa shape index (κ2) is 4.80. The van der Waals surface area contributed by atoms with Gasteiger partial charge in [0, 0.05) is 7.05 Å². The number of aliphatic hydroxyl groups is 1. The molecule has 0 saturated heterocycles. The van der Waals surface area contributed by atoms with Gasteiger partial charge in [0.15, 0.2) is 0 Å². The molecule has 6 nitrogen and oxygen atoms in total. The summed E-state index contributed by atoms with van der Waals surface area (Å²) >= 11 is 0. The number of carbonyl (C=O) groups excluding carboxylic acids is 1. The van der Waals surface area contributed by atoms with Crippen molar-refractivity contribution in [1.82, 2.24) is 4.90 Å². The van der Waals surface area contributed by atoms with Crippen molar-refractivity contribution in [1.29, 1.82) is 0 Å². The Morgan fingerprint density at radius 3 is 2.43 bits per heavy atom. The number of rotatable bonds is 4. The summed E-state index contributed by atoms with van der Waals surface area (Å²) in [5.41, 5.74) is 4.54. The lowest BCUT2D eigenvalue weighted by molar-refractivity contribution is -0.134. The second-order valence-electron chi connectivity index (χ2n) is 3.69. The molecule has 0 aliphatic rings. The lowest BCUT2D eigenvalue weighted by atomic mass is 10.0. The van der Waals surface area contributed by atoms with Crippen LogP contribution in [-0.4, -0.2) is 46.1 Å². The number of likely N-dealkylation sites (N-methyl/N-ethyl adjacent to an activating group) is 1. The molecule has 1 amide bonds. The highest BCUT2D eigenvalue weighted by Crippen LogP contribution is 2.11. The Hall–Kier alpha value is -1.30. The van der Waals surface area contributed by atoms with Gasteiger partial charge in [-0.1, -0.05) is 5.16 Å². The maximum atomic E-state index is 11.5. The summed E-state index contributed by atoms with van der Waals surface area (Å²) in [5, 5.41) is 20.0. The number of aliphatic hydroxyl groups excluding tert-OH is 1. The van der Waals surface area contributed by atoms with Gasteiger partial charge in [0.25, 0.3) is 0 Å². The number of nitrogens with two attached hydrogens (primary N) is 1. The first kappa shape index (κ1) is 12.7. The average molecular weight is 203 g/mol. The van der Waals surface area contributed by atoms with Crippen molar-refractivity contribution in [2.24, 2.45) is 10.9 Å². The largest absolute Gasteiger partial charge is 0.409 e. The van der Waals surface area contributed by atoms with Crippen LogP contribution in [0.1, 0.15) is 20.3 Å². The molecule has 0 radical (unpaired) electrons. The summed E-state index contributed by atoms with van der Waals surface area (Å²) in [5.74, 6) is -0.449. The van der Waals surface area contributed by atoms with E-state index in [9.17, 15) is 4.79 Å². The third-order valence-electron chi connectivity index (χ3n) is 2.13. The second-order valence-corrected chi connectivity index (χ2v) is 3.69. The van der Waals surface area contributed by atoms with Gasteiger partial charge in [-0.2, -0.15) is 0 Å². The van der Waals surface area contributed by atoms with Gasteiger partial charge < -0.3 is 20.9 Å². The molecule has 14 heavy (non-hydrogen) atoms. The molecule has 0 unspecified atom stereocenters. The zero-order valence-electron chi connectivity index (χ0n) is 8.69. The quantitative estimate of drug-likeness (QED) is 0.245. The molecular formula is C8H17N3O3. The number of hydrogen-bond donors (Lipinski definition) is 3. The van der Waals surface area contributed by atoms with E-state index in [1.54, 1.807) is 20.9 Å². The monoisotopic (exact) mass is 203 g/mol. The van der Waals surface area contributed by atoms with Crippen molar-refractivity contribution < 1.29 is 15.1 Å². The van der Waals surface area contributed by atoms with Gasteiger partial charge >= 0.3 is 0 Å². The van der Waals surface area contributed by atoms with Crippen LogP contribution in [0.4, 0.5) is 0 Å². The highest BCUT2D eigenvalue weighted by Gasteiger charge is 2.26. The number of hydrogen-bond acceptors (Lipinski definition) is 4. The first-order chi connectivity index (χ1) is 6.35. The highest BCUT2D eigenvalue weighted by molar-refractivity contribution is 5.98. The summed E-state index contributed by atoms with van der Waals surface area (Å²) in [7, 11) is 1.56. The van der Waals surface area contributed by atoms with Gasteiger partial charge in [0.05, 0.1) is 18.6 Å². The Bertz CT molecular complexity index is 238. The van der Waals surface area contributed by atoms with Crippen LogP contribution in [0.3, 0.4) is 0 Å². The van der Waals surface area contributed by atoms with E-state index in [4.69, 9.17) is 16.0 Å². The summed E-state index contributed by atoms with van der Waals surface area (Å²) in [6.45, 7) is 3.29. The molecular weight excluding hydrogens is 186 g/mol. The van der Waals surface area contributed by atoms with Crippen molar-refractivity contribution in [2.45, 2.75) is 25.8 Å². The van der Waals surface area contributed by atoms with Gasteiger partial charge in [-0.25, -0.2) is 0 Å². The minimum absolute atomic E-state index is 0.143. The molecule has 0 aromatic carbocycles. The summed E-state index contributed by atoms with van der Waals surface area (Å²) in [6.07, 6.45) is -0.156. The van der Waals surface area contributed by atoms with E-state index in [2.05, 4.69) is 5.16 Å². The molecule has 0 aliphatic heterocycles. The van der Waals surface area contributed by atoms with Crippen molar-refractivity contribution >= 4 is 11.7 Å². The minimum atomic E-state index is -0.646. The van der Waals surface area contributed by atoms with Gasteiger partial charge in [-0.3, -0.25) is 4.79 Å². The number of nitrogens with zero attached hydrogens (tertiary/aromatic N) is 2. The Kier molecular flexibility index (Phi) is 4.36. The molecule has 0 aromatic rings. The number of oxime groups is 1. The van der Waals surface area contributed by atoms with Crippen LogP contribution in [0, 0.1) is 0 Å². The predicted octanol–water partition coefficient (Wildman–Crippen LogP) is -0.648. The Labute approximate surface area is 83.0 Å². The molecule has 0 fully saturated rings. The molecule has 0 rings (SSSR count). The van der Waals surface area contributed by atoms with E-state index in [1.165, 1.54) is 4.90 Å². The lowest BCUT2D eigenvalue weighted by Crippen LogP contribution is -2.48. The van der Waals surface area contributed by atoms with Gasteiger partial charge in [0.1, 0.15) is 5.84 Å². The molecule has 0 spiro atoms. The third kappa shape index (κ3) is 3.21. The normalized spacial score (nSPS) is 12.7. The fourth-order valence-electron chi connectivity index (χ4n) is 0.753. The number of carbonyl (C=O) groups is 1. The first-order valence-electron chi connectivity index (χ1n) is 4.19. The third-order valence-corrected chi connectivity index (χ3v) is 2.13. The summed E-state index contributed by atoms with van der Waals surface area (Å²) in [4.78, 5) is 12.8. The molecule has 0 bridgehead atoms. The van der Waals surface area contributed by atoms with E-state index in [0.717, 1.165) is 0 Å². The molecule has 0 saturated carbocycles. The molecule has 0 aromatic heterocycles. The Morgan fingerprint density at radius 1 is 1.57 bits per heavy atom. The van der Waals surface area contributed by atoms with E-state index in [-0.39, 0.29) is 24.8 Å². The van der Waals surface area contributed by atoms with Crippen LogP contribution in [0.5, 0.6) is 0 Å². The SMILES string of the molecule is CN(C(=O)CC(N)=NO)C(C)(C)CO. The zero-order valence-corrected chi connectivity index (χ0v) is 8.69. The van der Waals surface area contributed by atoms with Crippen LogP contribution >= 0.6 is 0 Å². The van der Waals surface area contributed by atoms with Crippen molar-refractivity contribution in [3.05, 3.63) is 0 Å². The van der Waals surface area contributed by atoms with Crippen LogP contribution in [-0.2, 0) is 4.79 Å². The number of amides is 1. The van der Waals surface area contributed by atoms with Crippen molar-refractivity contribution in [3.63, 3.8) is 0 Å². The summed E-state index contributed by atoms with van der Waals surface area (Å²) in [6, 6.07) is 0. The molecule has 6 heteroatoms. The zero-order chi connectivity index (χ0) is 11.4. The maximum absolute atomic E-state index is 11.5. The van der Waals surface area contributed by atoms with Crippen LogP contribution in [0.15, 0.2) is 5.16 Å². The molecule has 82 valence electrons. The Morgan fingerprint density at radius 2 is 2.07 bits per heavy atom. The van der Waals surface area contributed by atoms with Gasteiger partial charge in [-0.15, -0.1) is 0 Å². The smallest absolute Gasteiger partial charge is 0.230 e. The average Bonchev–Trinajstić information content (AvgIpc) is 2.16. The molecule has 0 heterocycles. The molecule has 0 atom stereocenters. The minimum Gasteiger partial charge on any atom is -0.409 e. The fraction of sp³-hybridized carbons (Fsp3) is 0.750. The van der Waals surface area contributed by atoms with E-state index in [0.29, 0.717) is 0 Å². The van der Waals surface area contributed by atoms with Gasteiger partial charge in [-0.05, 0) is 13.8 Å². The molecule has 0 aliphatic carbocycles. The summed E-state index contributed by atoms with van der Waals surface area (Å²) < 4.78 is 0. The Balaban J connectivity index is 4.41. The topological polar surface area (TPSA) is 99.2 Å². The predicted molar refractivity (Wildman–Crippen MR) is 52.0 cm³/mol. The number of amidine groups is 1. The van der Waals surface area contributed by atoms with Crippen LogP contribution < -0.4 is 5.73 Å². The van der Waals surface area contributed by atoms with E-state index < -0.39 is 5.54 Å². The van der Waals surface area contributed by atoms with E-state index in [1.807, 2.05) is 0 Å². The maximum Gasteiger partial charge on any atom is 0.230 e. The fourth-order valence-corrected chi connectivity index (χ4v) is 0.753. The highest BCUT2D eigenvalue weighted by atomic mass is 16.4. The lowest BCUT2D eigenvalue weighted by Gasteiger charge is -2.33. The van der Waals surface area contributed by atoms with Crippen molar-refractivity contribution in [3.8, 4) is 0 Å². The standard InChI is InChI=1S/C8H17N3O3/c1-8(2,5-12)11(3)7(13)4-6(9)10-14/h12,14H,4-5H2,1-3H3,(H2,9,10). The molecule has 4 N–H and O–H groups in total. The van der Waals surface area contributed by atoms with Gasteiger partial charge in [0.2, 0.25) is 5.91 Å². The first-order valence-corrected chi connectivity index (χ1v) is 4.19. The van der Waals surface area contributed by atoms with Crippen molar-refractivity contribution in [2.75, 3.05) is 13.7 Å². The van der Waals surface area contributed by atoms with Crippen LogP contribution in [0.2, 0.25) is 0 Å². The van der Waals surface area contributed by atoms with E-state index >= 15 is 0 Å². The van der Waals surface area contributed by atoms with Crippen LogP contribution in [0.25, 0.3) is 0 Å².